The number of aromatic amines is 1. The zero-order chi connectivity index (χ0) is 13.7. The average Bonchev–Trinajstić information content (AvgIpc) is 2.82. The molecule has 0 amide bonds. The summed E-state index contributed by atoms with van der Waals surface area (Å²) < 4.78 is 5.06. The molecule has 1 fully saturated rings. The molecule has 4 heteroatoms. The number of rotatable bonds is 3. The molecule has 1 aromatic carbocycles. The highest BCUT2D eigenvalue weighted by Gasteiger charge is 2.58. The summed E-state index contributed by atoms with van der Waals surface area (Å²) in [6.07, 6.45) is 0.935. The number of hydrogen-bond donors (Lipinski definition) is 1. The molecule has 1 saturated carbocycles. The maximum atomic E-state index is 11.8. The lowest BCUT2D eigenvalue weighted by atomic mass is 10.0. The number of nitrogens with one attached hydrogen (secondary N) is 1. The van der Waals surface area contributed by atoms with Crippen molar-refractivity contribution in [2.24, 2.45) is 5.92 Å². The van der Waals surface area contributed by atoms with Gasteiger partial charge in [-0.1, -0.05) is 30.3 Å². The van der Waals surface area contributed by atoms with Crippen LogP contribution in [0.25, 0.3) is 0 Å². The van der Waals surface area contributed by atoms with E-state index in [0.717, 1.165) is 17.7 Å². The maximum Gasteiger partial charge on any atom is 0.356 e. The van der Waals surface area contributed by atoms with E-state index in [-0.39, 0.29) is 5.97 Å². The summed E-state index contributed by atoms with van der Waals surface area (Å²) in [4.78, 5) is 11.8. The summed E-state index contributed by atoms with van der Waals surface area (Å²) in [5.41, 5.74) is 4.09. The van der Waals surface area contributed by atoms with Gasteiger partial charge in [-0.05, 0) is 30.7 Å². The molecule has 20 heavy (non-hydrogen) atoms. The molecule has 0 bridgehead atoms. The van der Waals surface area contributed by atoms with Gasteiger partial charge in [0.05, 0.1) is 12.3 Å². The van der Waals surface area contributed by atoms with E-state index in [2.05, 4.69) is 34.5 Å². The Morgan fingerprint density at radius 2 is 2.15 bits per heavy atom. The number of benzene rings is 1. The molecule has 102 valence electrons. The number of carbonyl (C=O) groups is 1. The van der Waals surface area contributed by atoms with E-state index in [4.69, 9.17) is 4.74 Å². The number of hydrogen-bond acceptors (Lipinski definition) is 3. The topological polar surface area (TPSA) is 55.0 Å². The van der Waals surface area contributed by atoms with Crippen molar-refractivity contribution in [3.05, 3.63) is 52.8 Å². The van der Waals surface area contributed by atoms with Crippen molar-refractivity contribution in [2.45, 2.75) is 25.2 Å². The monoisotopic (exact) mass is 268 g/mol. The van der Waals surface area contributed by atoms with E-state index < -0.39 is 0 Å². The van der Waals surface area contributed by atoms with Gasteiger partial charge in [-0.15, -0.1) is 0 Å². The second-order valence-electron chi connectivity index (χ2n) is 5.51. The van der Waals surface area contributed by atoms with E-state index in [1.54, 1.807) is 0 Å². The molecule has 0 radical (unpaired) electrons. The van der Waals surface area contributed by atoms with Gasteiger partial charge in [0.1, 0.15) is 5.69 Å². The molecule has 2 aromatic rings. The van der Waals surface area contributed by atoms with Crippen LogP contribution in [0.3, 0.4) is 0 Å². The number of esters is 1. The van der Waals surface area contributed by atoms with Crippen molar-refractivity contribution in [1.29, 1.82) is 0 Å². The van der Waals surface area contributed by atoms with E-state index in [1.165, 1.54) is 5.56 Å². The number of nitrogens with zero attached hydrogens (tertiary/aromatic N) is 1. The quantitative estimate of drug-likeness (QED) is 0.871. The molecule has 1 N–H and O–H groups in total. The van der Waals surface area contributed by atoms with Crippen molar-refractivity contribution in [3.63, 3.8) is 0 Å². The minimum atomic E-state index is -0.279. The van der Waals surface area contributed by atoms with Gasteiger partial charge >= 0.3 is 5.97 Å². The molecule has 0 saturated heterocycles. The number of carbonyl (C=O) groups excluding carboxylic acids is 1. The van der Waals surface area contributed by atoms with Gasteiger partial charge in [-0.3, -0.25) is 5.10 Å². The van der Waals surface area contributed by atoms with Crippen molar-refractivity contribution >= 4 is 5.97 Å². The first-order valence-electron chi connectivity index (χ1n) is 7.10. The summed E-state index contributed by atoms with van der Waals surface area (Å²) in [7, 11) is 0. The van der Waals surface area contributed by atoms with Crippen LogP contribution in [0.5, 0.6) is 0 Å². The highest BCUT2D eigenvalue weighted by Crippen LogP contribution is 2.66. The third kappa shape index (κ3) is 1.54. The van der Waals surface area contributed by atoms with Gasteiger partial charge < -0.3 is 4.74 Å². The number of fused-ring (bicyclic) bond motifs is 3. The molecule has 1 aromatic heterocycles. The molecule has 3 atom stereocenters. The van der Waals surface area contributed by atoms with Crippen LogP contribution in [0.15, 0.2) is 30.3 Å². The average molecular weight is 268 g/mol. The SMILES string of the molecule is CCOC(=O)c1[nH]nc2c1C[C@H]1C(c3ccccc3)[C@H]21. The number of H-pyrrole nitrogens is 1. The predicted molar refractivity (Wildman–Crippen MR) is 73.7 cm³/mol. The van der Waals surface area contributed by atoms with E-state index in [1.807, 2.05) is 13.0 Å². The van der Waals surface area contributed by atoms with Gasteiger partial charge in [0.15, 0.2) is 0 Å². The third-order valence-electron chi connectivity index (χ3n) is 4.49. The van der Waals surface area contributed by atoms with Gasteiger partial charge in [0.2, 0.25) is 0 Å². The first kappa shape index (κ1) is 11.7. The zero-order valence-corrected chi connectivity index (χ0v) is 11.3. The van der Waals surface area contributed by atoms with E-state index in [0.29, 0.717) is 30.1 Å². The highest BCUT2D eigenvalue weighted by molar-refractivity contribution is 5.89. The molecule has 0 spiro atoms. The maximum absolute atomic E-state index is 11.8. The molecule has 0 aliphatic heterocycles. The molecule has 4 nitrogen and oxygen atoms in total. The van der Waals surface area contributed by atoms with Crippen LogP contribution in [-0.2, 0) is 11.2 Å². The first-order valence-corrected chi connectivity index (χ1v) is 7.10. The van der Waals surface area contributed by atoms with E-state index in [9.17, 15) is 4.79 Å². The Hall–Kier alpha value is -2.10. The summed E-state index contributed by atoms with van der Waals surface area (Å²) >= 11 is 0. The Morgan fingerprint density at radius 1 is 1.35 bits per heavy atom. The summed E-state index contributed by atoms with van der Waals surface area (Å²) in [5.74, 6) is 1.38. The van der Waals surface area contributed by atoms with Crippen LogP contribution in [0.4, 0.5) is 0 Å². The lowest BCUT2D eigenvalue weighted by Crippen LogP contribution is -2.08. The van der Waals surface area contributed by atoms with Gasteiger partial charge in [-0.2, -0.15) is 5.10 Å². The van der Waals surface area contributed by atoms with Crippen molar-refractivity contribution in [3.8, 4) is 0 Å². The lowest BCUT2D eigenvalue weighted by Gasteiger charge is -2.05. The first-order chi connectivity index (χ1) is 9.81. The second-order valence-corrected chi connectivity index (χ2v) is 5.51. The van der Waals surface area contributed by atoms with Crippen LogP contribution in [0.2, 0.25) is 0 Å². The predicted octanol–water partition coefficient (Wildman–Crippen LogP) is 2.64. The highest BCUT2D eigenvalue weighted by atomic mass is 16.5. The fourth-order valence-electron chi connectivity index (χ4n) is 3.60. The Balaban J connectivity index is 1.61. The molecular weight excluding hydrogens is 252 g/mol. The number of ether oxygens (including phenoxy) is 1. The van der Waals surface area contributed by atoms with Crippen LogP contribution in [-0.4, -0.2) is 22.8 Å². The van der Waals surface area contributed by atoms with Gasteiger partial charge in [-0.25, -0.2) is 4.79 Å². The molecule has 1 unspecified atom stereocenters. The zero-order valence-electron chi connectivity index (χ0n) is 11.3. The largest absolute Gasteiger partial charge is 0.461 e. The summed E-state index contributed by atoms with van der Waals surface area (Å²) in [6.45, 7) is 2.21. The van der Waals surface area contributed by atoms with Crippen LogP contribution >= 0.6 is 0 Å². The van der Waals surface area contributed by atoms with Gasteiger partial charge in [0, 0.05) is 11.5 Å². The van der Waals surface area contributed by atoms with Crippen molar-refractivity contribution < 1.29 is 9.53 Å². The Bertz CT molecular complexity index is 662. The molecule has 2 aliphatic carbocycles. The third-order valence-corrected chi connectivity index (χ3v) is 4.49. The van der Waals surface area contributed by atoms with Crippen molar-refractivity contribution in [1.82, 2.24) is 10.2 Å². The van der Waals surface area contributed by atoms with Crippen molar-refractivity contribution in [2.75, 3.05) is 6.61 Å². The smallest absolute Gasteiger partial charge is 0.356 e. The number of aromatic nitrogens is 2. The minimum absolute atomic E-state index is 0.279. The lowest BCUT2D eigenvalue weighted by molar-refractivity contribution is 0.0518. The standard InChI is InChI=1S/C16H16N2O2/c1-2-20-16(19)15-11-8-10-12(9-6-4-3-5-7-9)13(10)14(11)17-18-15/h3-7,10,12-13H,2,8H2,1H3,(H,17,18)/t10-,12?,13+/m0/s1. The second kappa shape index (κ2) is 4.20. The fraction of sp³-hybridized carbons (Fsp3) is 0.375. The molecule has 1 heterocycles. The minimum Gasteiger partial charge on any atom is -0.461 e. The molecular formula is C16H16N2O2. The van der Waals surface area contributed by atoms with Gasteiger partial charge in [0.25, 0.3) is 0 Å². The van der Waals surface area contributed by atoms with Crippen LogP contribution in [0.1, 0.15) is 46.1 Å². The summed E-state index contributed by atoms with van der Waals surface area (Å²) in [5, 5.41) is 7.24. The van der Waals surface area contributed by atoms with E-state index >= 15 is 0 Å². The van der Waals surface area contributed by atoms with Crippen LogP contribution < -0.4 is 0 Å². The molecule has 4 rings (SSSR count). The normalized spacial score (nSPS) is 25.9. The Morgan fingerprint density at radius 3 is 2.90 bits per heavy atom. The fourth-order valence-corrected chi connectivity index (χ4v) is 3.60. The Labute approximate surface area is 117 Å². The molecule has 2 aliphatic rings. The van der Waals surface area contributed by atoms with Crippen LogP contribution in [0, 0.1) is 5.92 Å². The summed E-state index contributed by atoms with van der Waals surface area (Å²) in [6, 6.07) is 10.6. The Kier molecular flexibility index (Phi) is 2.46.